The van der Waals surface area contributed by atoms with Crippen molar-refractivity contribution in [1.82, 2.24) is 0 Å². The fraction of sp³-hybridized carbons (Fsp3) is 0.200. The molecule has 0 saturated heterocycles. The van der Waals surface area contributed by atoms with Gasteiger partial charge in [-0.2, -0.15) is 0 Å². The van der Waals surface area contributed by atoms with E-state index in [4.69, 9.17) is 17.3 Å². The number of nitrogens with one attached hydrogen (secondary N) is 1. The molecule has 1 aromatic carbocycles. The van der Waals surface area contributed by atoms with Crippen molar-refractivity contribution in [2.75, 3.05) is 17.6 Å². The predicted octanol–water partition coefficient (Wildman–Crippen LogP) is 3.05. The van der Waals surface area contributed by atoms with Gasteiger partial charge in [0.15, 0.2) is 5.82 Å². The van der Waals surface area contributed by atoms with Gasteiger partial charge in [-0.15, -0.1) is 0 Å². The topological polar surface area (TPSA) is 38.0 Å². The van der Waals surface area contributed by atoms with Crippen LogP contribution in [0.15, 0.2) is 24.3 Å². The molecule has 2 nitrogen and oxygen atoms in total. The highest BCUT2D eigenvalue weighted by molar-refractivity contribution is 6.31. The van der Waals surface area contributed by atoms with Crippen LogP contribution in [-0.4, -0.2) is 6.54 Å². The smallest absolute Gasteiger partial charge is 0.166 e. The fourth-order valence-electron chi connectivity index (χ4n) is 0.985. The molecule has 0 heterocycles. The summed E-state index contributed by atoms with van der Waals surface area (Å²) in [6.07, 6.45) is 0. The molecule has 0 saturated carbocycles. The van der Waals surface area contributed by atoms with E-state index in [-0.39, 0.29) is 10.7 Å². The van der Waals surface area contributed by atoms with E-state index in [1.165, 1.54) is 6.07 Å². The minimum Gasteiger partial charge on any atom is -0.397 e. The first-order valence-corrected chi connectivity index (χ1v) is 4.52. The predicted molar refractivity (Wildman–Crippen MR) is 59.1 cm³/mol. The number of benzene rings is 1. The molecule has 3 N–H and O–H groups in total. The highest BCUT2D eigenvalue weighted by Crippen LogP contribution is 2.28. The second-order valence-electron chi connectivity index (χ2n) is 3.14. The zero-order valence-corrected chi connectivity index (χ0v) is 8.66. The zero-order valence-electron chi connectivity index (χ0n) is 7.90. The number of rotatable bonds is 3. The van der Waals surface area contributed by atoms with Crippen molar-refractivity contribution in [2.45, 2.75) is 6.92 Å². The number of hydrogen-bond donors (Lipinski definition) is 2. The molecule has 76 valence electrons. The molecule has 0 aromatic heterocycles. The summed E-state index contributed by atoms with van der Waals surface area (Å²) in [5.41, 5.74) is 7.06. The van der Waals surface area contributed by atoms with Crippen molar-refractivity contribution in [2.24, 2.45) is 0 Å². The van der Waals surface area contributed by atoms with Crippen molar-refractivity contribution < 1.29 is 4.39 Å². The van der Waals surface area contributed by atoms with Gasteiger partial charge in [-0.25, -0.2) is 4.39 Å². The Morgan fingerprint density at radius 3 is 2.86 bits per heavy atom. The zero-order chi connectivity index (χ0) is 10.7. The average molecular weight is 215 g/mol. The first-order valence-electron chi connectivity index (χ1n) is 4.14. The molecule has 0 unspecified atom stereocenters. The van der Waals surface area contributed by atoms with Crippen LogP contribution in [0.4, 0.5) is 15.8 Å². The van der Waals surface area contributed by atoms with Crippen molar-refractivity contribution in [3.63, 3.8) is 0 Å². The third-order valence-corrected chi connectivity index (χ3v) is 1.99. The van der Waals surface area contributed by atoms with E-state index in [0.29, 0.717) is 12.2 Å². The Labute approximate surface area is 87.6 Å². The number of halogens is 2. The Kier molecular flexibility index (Phi) is 3.36. The maximum atomic E-state index is 13.4. The molecular formula is C10H12ClFN2. The van der Waals surface area contributed by atoms with Crippen LogP contribution in [0, 0.1) is 5.82 Å². The van der Waals surface area contributed by atoms with E-state index in [1.54, 1.807) is 6.07 Å². The minimum atomic E-state index is -0.520. The summed E-state index contributed by atoms with van der Waals surface area (Å²) in [7, 11) is 0. The fourth-order valence-corrected chi connectivity index (χ4v) is 1.14. The molecule has 0 radical (unpaired) electrons. The molecule has 0 aliphatic carbocycles. The quantitative estimate of drug-likeness (QED) is 0.600. The molecule has 1 rings (SSSR count). The van der Waals surface area contributed by atoms with E-state index in [9.17, 15) is 4.39 Å². The maximum Gasteiger partial charge on any atom is 0.166 e. The van der Waals surface area contributed by atoms with E-state index in [1.807, 2.05) is 6.92 Å². The van der Waals surface area contributed by atoms with Gasteiger partial charge in [0, 0.05) is 6.54 Å². The number of nitrogens with two attached hydrogens (primary N) is 1. The Bertz CT molecular complexity index is 363. The van der Waals surface area contributed by atoms with Gasteiger partial charge in [-0.3, -0.25) is 0 Å². The lowest BCUT2D eigenvalue weighted by Crippen LogP contribution is -2.06. The molecule has 0 fully saturated rings. The number of anilines is 2. The van der Waals surface area contributed by atoms with Crippen LogP contribution in [0.25, 0.3) is 0 Å². The molecule has 0 amide bonds. The van der Waals surface area contributed by atoms with Crippen LogP contribution >= 0.6 is 11.6 Å². The summed E-state index contributed by atoms with van der Waals surface area (Å²) >= 11 is 5.61. The first-order chi connectivity index (χ1) is 6.52. The van der Waals surface area contributed by atoms with Gasteiger partial charge in [0.1, 0.15) is 0 Å². The summed E-state index contributed by atoms with van der Waals surface area (Å²) in [4.78, 5) is 0. The maximum absolute atomic E-state index is 13.4. The van der Waals surface area contributed by atoms with Gasteiger partial charge < -0.3 is 11.1 Å². The second-order valence-corrected chi connectivity index (χ2v) is 3.54. The van der Waals surface area contributed by atoms with Crippen molar-refractivity contribution in [1.29, 1.82) is 0 Å². The SMILES string of the molecule is C=C(C)CNc1c(N)ccc(Cl)c1F. The Morgan fingerprint density at radius 1 is 1.64 bits per heavy atom. The largest absolute Gasteiger partial charge is 0.397 e. The normalized spacial score (nSPS) is 9.93. The lowest BCUT2D eigenvalue weighted by Gasteiger charge is -2.10. The first kappa shape index (κ1) is 10.9. The van der Waals surface area contributed by atoms with Gasteiger partial charge in [-0.1, -0.05) is 23.8 Å². The molecule has 1 aromatic rings. The summed E-state index contributed by atoms with van der Waals surface area (Å²) < 4.78 is 13.4. The van der Waals surface area contributed by atoms with Crippen LogP contribution in [0.3, 0.4) is 0 Å². The van der Waals surface area contributed by atoms with E-state index >= 15 is 0 Å². The average Bonchev–Trinajstić information content (AvgIpc) is 2.11. The number of hydrogen-bond acceptors (Lipinski definition) is 2. The third-order valence-electron chi connectivity index (χ3n) is 1.69. The van der Waals surface area contributed by atoms with Crippen LogP contribution in [-0.2, 0) is 0 Å². The van der Waals surface area contributed by atoms with Crippen molar-refractivity contribution in [3.8, 4) is 0 Å². The molecule has 0 atom stereocenters. The summed E-state index contributed by atoms with van der Waals surface area (Å²) in [6.45, 7) is 6.01. The van der Waals surface area contributed by atoms with E-state index < -0.39 is 5.82 Å². The standard InChI is InChI=1S/C10H12ClFN2/c1-6(2)5-14-10-8(13)4-3-7(11)9(10)12/h3-4,14H,1,5,13H2,2H3. The van der Waals surface area contributed by atoms with Crippen LogP contribution in [0.5, 0.6) is 0 Å². The molecule has 4 heteroatoms. The molecule has 0 aliphatic heterocycles. The molecular weight excluding hydrogens is 203 g/mol. The van der Waals surface area contributed by atoms with Gasteiger partial charge in [0.2, 0.25) is 0 Å². The highest BCUT2D eigenvalue weighted by Gasteiger charge is 2.09. The Morgan fingerprint density at radius 2 is 2.29 bits per heavy atom. The van der Waals surface area contributed by atoms with Crippen molar-refractivity contribution >= 4 is 23.0 Å². The molecule has 0 bridgehead atoms. The highest BCUT2D eigenvalue weighted by atomic mass is 35.5. The van der Waals surface area contributed by atoms with Crippen LogP contribution in [0.1, 0.15) is 6.92 Å². The van der Waals surface area contributed by atoms with Gasteiger partial charge in [-0.05, 0) is 19.1 Å². The van der Waals surface area contributed by atoms with E-state index in [0.717, 1.165) is 5.57 Å². The summed E-state index contributed by atoms with van der Waals surface area (Å²) in [5, 5.41) is 2.90. The van der Waals surface area contributed by atoms with Gasteiger partial charge >= 0.3 is 0 Å². The second kappa shape index (κ2) is 4.33. The van der Waals surface area contributed by atoms with Crippen LogP contribution < -0.4 is 11.1 Å². The Balaban J connectivity index is 2.95. The van der Waals surface area contributed by atoms with Gasteiger partial charge in [0.05, 0.1) is 16.4 Å². The third kappa shape index (κ3) is 2.39. The van der Waals surface area contributed by atoms with Gasteiger partial charge in [0.25, 0.3) is 0 Å². The summed E-state index contributed by atoms with van der Waals surface area (Å²) in [5.74, 6) is -0.520. The molecule has 14 heavy (non-hydrogen) atoms. The lowest BCUT2D eigenvalue weighted by molar-refractivity contribution is 0.632. The lowest BCUT2D eigenvalue weighted by atomic mass is 10.2. The molecule has 0 spiro atoms. The Hall–Kier alpha value is -1.22. The molecule has 0 aliphatic rings. The monoisotopic (exact) mass is 214 g/mol. The number of nitrogen functional groups attached to an aromatic ring is 1. The van der Waals surface area contributed by atoms with Crippen molar-refractivity contribution in [3.05, 3.63) is 35.1 Å². The minimum absolute atomic E-state index is 0.0587. The summed E-state index contributed by atoms with van der Waals surface area (Å²) in [6, 6.07) is 2.99. The van der Waals surface area contributed by atoms with Crippen LogP contribution in [0.2, 0.25) is 5.02 Å². The van der Waals surface area contributed by atoms with E-state index in [2.05, 4.69) is 11.9 Å².